The largest absolute Gasteiger partial charge is 0.312 e. The molecule has 0 bridgehead atoms. The van der Waals surface area contributed by atoms with Gasteiger partial charge in [0.25, 0.3) is 0 Å². The van der Waals surface area contributed by atoms with Crippen LogP contribution in [-0.2, 0) is 0 Å². The minimum atomic E-state index is 0.102. The van der Waals surface area contributed by atoms with Crippen molar-refractivity contribution in [2.75, 3.05) is 6.54 Å². The van der Waals surface area contributed by atoms with Crippen LogP contribution in [0, 0.1) is 18.3 Å². The average molecular weight is 207 g/mol. The molecule has 0 aromatic heterocycles. The van der Waals surface area contributed by atoms with E-state index in [-0.39, 0.29) is 11.5 Å². The highest BCUT2D eigenvalue weighted by atomic mass is 14.9. The summed E-state index contributed by atoms with van der Waals surface area (Å²) in [7, 11) is 0. The Bertz CT molecular complexity index is 232. The summed E-state index contributed by atoms with van der Waals surface area (Å²) >= 11 is 0. The second kappa shape index (κ2) is 6.69. The second-order valence-corrected chi connectivity index (χ2v) is 4.93. The number of allylic oxidation sites excluding steroid dienone is 1. The van der Waals surface area contributed by atoms with Crippen molar-refractivity contribution in [1.29, 1.82) is 0 Å². The normalized spacial score (nSPS) is 13.3. The van der Waals surface area contributed by atoms with Crippen LogP contribution in [0.5, 0.6) is 0 Å². The molecule has 1 heteroatoms. The molecule has 0 aliphatic carbocycles. The maximum atomic E-state index is 5.50. The van der Waals surface area contributed by atoms with E-state index in [0.717, 1.165) is 18.5 Å². The Labute approximate surface area is 95.3 Å². The van der Waals surface area contributed by atoms with Crippen LogP contribution in [0.2, 0.25) is 0 Å². The van der Waals surface area contributed by atoms with E-state index in [0.29, 0.717) is 0 Å². The molecule has 1 atom stereocenters. The van der Waals surface area contributed by atoms with E-state index in [4.69, 9.17) is 6.42 Å². The van der Waals surface area contributed by atoms with Gasteiger partial charge in [-0.1, -0.05) is 31.4 Å². The first-order valence-electron chi connectivity index (χ1n) is 5.79. The fraction of sp³-hybridized carbons (Fsp3) is 0.714. The zero-order valence-electron chi connectivity index (χ0n) is 10.7. The molecule has 86 valence electrons. The number of unbranched alkanes of at least 4 members (excludes halogenated alkanes) is 1. The Morgan fingerprint density at radius 3 is 2.53 bits per heavy atom. The van der Waals surface area contributed by atoms with Gasteiger partial charge in [-0.15, -0.1) is 6.42 Å². The highest BCUT2D eigenvalue weighted by molar-refractivity contribution is 5.13. The van der Waals surface area contributed by atoms with Gasteiger partial charge in [-0.25, -0.2) is 0 Å². The predicted molar refractivity (Wildman–Crippen MR) is 68.7 cm³/mol. The van der Waals surface area contributed by atoms with Gasteiger partial charge in [-0.05, 0) is 40.2 Å². The Balaban J connectivity index is 4.11. The summed E-state index contributed by atoms with van der Waals surface area (Å²) in [5.74, 6) is 3.00. The van der Waals surface area contributed by atoms with Crippen LogP contribution in [0.25, 0.3) is 0 Å². The van der Waals surface area contributed by atoms with Crippen molar-refractivity contribution in [3.05, 3.63) is 12.2 Å². The molecule has 0 heterocycles. The van der Waals surface area contributed by atoms with Crippen molar-refractivity contribution >= 4 is 0 Å². The van der Waals surface area contributed by atoms with Crippen LogP contribution in [0.4, 0.5) is 0 Å². The molecule has 0 spiro atoms. The molecule has 0 saturated carbocycles. The first-order valence-corrected chi connectivity index (χ1v) is 5.79. The molecule has 15 heavy (non-hydrogen) atoms. The molecule has 1 unspecified atom stereocenters. The first kappa shape index (κ1) is 14.3. The summed E-state index contributed by atoms with van der Waals surface area (Å²) in [5, 5.41) is 3.54. The topological polar surface area (TPSA) is 12.0 Å². The van der Waals surface area contributed by atoms with E-state index >= 15 is 0 Å². The van der Waals surface area contributed by atoms with Gasteiger partial charge in [0.05, 0.1) is 0 Å². The Morgan fingerprint density at radius 2 is 2.13 bits per heavy atom. The van der Waals surface area contributed by atoms with Gasteiger partial charge < -0.3 is 5.32 Å². The van der Waals surface area contributed by atoms with Gasteiger partial charge in [0.2, 0.25) is 0 Å². The van der Waals surface area contributed by atoms with E-state index < -0.39 is 0 Å². The third-order valence-electron chi connectivity index (χ3n) is 2.64. The SMILES string of the molecule is C#CC(CC(C)(C)NCCCC)C(=C)C. The Hall–Kier alpha value is -0.740. The monoisotopic (exact) mass is 207 g/mol. The molecular weight excluding hydrogens is 182 g/mol. The van der Waals surface area contributed by atoms with E-state index in [1.165, 1.54) is 12.8 Å². The lowest BCUT2D eigenvalue weighted by atomic mass is 9.87. The number of terminal acetylenes is 1. The second-order valence-electron chi connectivity index (χ2n) is 4.93. The van der Waals surface area contributed by atoms with Gasteiger partial charge in [0.1, 0.15) is 0 Å². The number of hydrogen-bond acceptors (Lipinski definition) is 1. The molecule has 0 aliphatic heterocycles. The van der Waals surface area contributed by atoms with Gasteiger partial charge in [-0.2, -0.15) is 0 Å². The predicted octanol–water partition coefficient (Wildman–Crippen LogP) is 3.37. The summed E-state index contributed by atoms with van der Waals surface area (Å²) in [4.78, 5) is 0. The fourth-order valence-corrected chi connectivity index (χ4v) is 1.56. The number of rotatable bonds is 7. The van der Waals surface area contributed by atoms with E-state index in [1.54, 1.807) is 0 Å². The highest BCUT2D eigenvalue weighted by Gasteiger charge is 2.21. The van der Waals surface area contributed by atoms with Crippen LogP contribution in [0.15, 0.2) is 12.2 Å². The Morgan fingerprint density at radius 1 is 1.53 bits per heavy atom. The van der Waals surface area contributed by atoms with Gasteiger partial charge in [0, 0.05) is 11.5 Å². The standard InChI is InChI=1S/C14H25N/c1-7-9-10-15-14(5,6)11-13(8-2)12(3)4/h2,13,15H,3,7,9-11H2,1,4-6H3. The smallest absolute Gasteiger partial charge is 0.0421 e. The maximum Gasteiger partial charge on any atom is 0.0421 e. The van der Waals surface area contributed by atoms with E-state index in [1.807, 2.05) is 6.92 Å². The molecule has 1 N–H and O–H groups in total. The summed E-state index contributed by atoms with van der Waals surface area (Å²) in [5.41, 5.74) is 1.19. The molecule has 0 aromatic rings. The molecule has 1 nitrogen and oxygen atoms in total. The molecule has 0 aliphatic rings. The molecular formula is C14H25N. The minimum Gasteiger partial charge on any atom is -0.312 e. The summed E-state index contributed by atoms with van der Waals surface area (Å²) < 4.78 is 0. The van der Waals surface area contributed by atoms with Crippen molar-refractivity contribution in [3.8, 4) is 12.3 Å². The quantitative estimate of drug-likeness (QED) is 0.383. The Kier molecular flexibility index (Phi) is 6.36. The van der Waals surface area contributed by atoms with Crippen LogP contribution < -0.4 is 5.32 Å². The number of hydrogen-bond donors (Lipinski definition) is 1. The first-order chi connectivity index (χ1) is 6.93. The molecule has 0 fully saturated rings. The third-order valence-corrected chi connectivity index (χ3v) is 2.64. The molecule has 0 amide bonds. The van der Waals surface area contributed by atoms with Crippen LogP contribution in [-0.4, -0.2) is 12.1 Å². The lowest BCUT2D eigenvalue weighted by Crippen LogP contribution is -2.41. The summed E-state index contributed by atoms with van der Waals surface area (Å²) in [6.07, 6.45) is 8.90. The van der Waals surface area contributed by atoms with Gasteiger partial charge >= 0.3 is 0 Å². The van der Waals surface area contributed by atoms with Gasteiger partial charge in [-0.3, -0.25) is 0 Å². The lowest BCUT2D eigenvalue weighted by molar-refractivity contribution is 0.339. The molecule has 0 saturated heterocycles. The maximum absolute atomic E-state index is 5.50. The van der Waals surface area contributed by atoms with Gasteiger partial charge in [0.15, 0.2) is 0 Å². The minimum absolute atomic E-state index is 0.102. The zero-order valence-corrected chi connectivity index (χ0v) is 10.7. The average Bonchev–Trinajstić information content (AvgIpc) is 2.14. The fourth-order valence-electron chi connectivity index (χ4n) is 1.56. The van der Waals surface area contributed by atoms with Crippen molar-refractivity contribution in [1.82, 2.24) is 5.32 Å². The molecule has 0 rings (SSSR count). The van der Waals surface area contributed by atoms with E-state index in [2.05, 4.69) is 38.6 Å². The summed E-state index contributed by atoms with van der Waals surface area (Å²) in [6.45, 7) is 13.6. The molecule has 0 aromatic carbocycles. The van der Waals surface area contributed by atoms with Crippen LogP contribution >= 0.6 is 0 Å². The van der Waals surface area contributed by atoms with Crippen molar-refractivity contribution < 1.29 is 0 Å². The van der Waals surface area contributed by atoms with E-state index in [9.17, 15) is 0 Å². The summed E-state index contributed by atoms with van der Waals surface area (Å²) in [6, 6.07) is 0. The number of nitrogens with one attached hydrogen (secondary N) is 1. The van der Waals surface area contributed by atoms with Crippen LogP contribution in [0.1, 0.15) is 47.0 Å². The van der Waals surface area contributed by atoms with Crippen LogP contribution in [0.3, 0.4) is 0 Å². The third kappa shape index (κ3) is 6.36. The lowest BCUT2D eigenvalue weighted by Gasteiger charge is -2.29. The van der Waals surface area contributed by atoms with Crippen molar-refractivity contribution in [3.63, 3.8) is 0 Å². The zero-order chi connectivity index (χ0) is 11.9. The van der Waals surface area contributed by atoms with Crippen molar-refractivity contribution in [2.45, 2.75) is 52.5 Å². The highest BCUT2D eigenvalue weighted by Crippen LogP contribution is 2.21. The molecule has 0 radical (unpaired) electrons. The van der Waals surface area contributed by atoms with Crippen molar-refractivity contribution in [2.24, 2.45) is 5.92 Å².